The Morgan fingerprint density at radius 1 is 0.407 bits per heavy atom. The molecule has 0 aliphatic rings. The van der Waals surface area contributed by atoms with E-state index in [1.807, 2.05) is 103 Å². The number of hydrogen-bond donors (Lipinski definition) is 0. The van der Waals surface area contributed by atoms with Gasteiger partial charge in [-0.1, -0.05) is 140 Å². The topological polar surface area (TPSA) is 93.7 Å². The normalized spacial score (nSPS) is 11.7. The maximum absolute atomic E-state index is 10.4. The van der Waals surface area contributed by atoms with Crippen molar-refractivity contribution in [1.82, 2.24) is 19.5 Å². The van der Waals surface area contributed by atoms with Crippen LogP contribution in [0.25, 0.3) is 117 Å². The Bertz CT molecular complexity index is 3650. The Hall–Kier alpha value is -8.34. The van der Waals surface area contributed by atoms with Gasteiger partial charge >= 0.3 is 0 Å². The van der Waals surface area contributed by atoms with E-state index in [0.29, 0.717) is 28.7 Å². The van der Waals surface area contributed by atoms with E-state index in [1.165, 1.54) is 0 Å². The van der Waals surface area contributed by atoms with Gasteiger partial charge in [0.2, 0.25) is 5.95 Å². The Morgan fingerprint density at radius 3 is 1.59 bits per heavy atom. The largest absolute Gasteiger partial charge is 0.455 e. The smallest absolute Gasteiger partial charge is 0.238 e. The SMILES string of the molecule is N#Cc1cc(-c2nc(-c3ccccc3)nc(-n3c4ccccc4c4ccccc43)n2)cc(-c2cccc3c2oc2c(-c4cccc5c4oc4ccccc45)cccc23)c1. The fourth-order valence-electron chi connectivity index (χ4n) is 8.64. The van der Waals surface area contributed by atoms with Gasteiger partial charge in [-0.25, -0.2) is 4.98 Å². The van der Waals surface area contributed by atoms with Crippen LogP contribution >= 0.6 is 0 Å². The summed E-state index contributed by atoms with van der Waals surface area (Å²) in [5.41, 5.74) is 10.7. The molecule has 0 aliphatic carbocycles. The highest BCUT2D eigenvalue weighted by Gasteiger charge is 2.21. The average Bonchev–Trinajstić information content (AvgIpc) is 3.99. The Kier molecular flexibility index (Phi) is 7.16. The van der Waals surface area contributed by atoms with E-state index >= 15 is 0 Å². The summed E-state index contributed by atoms with van der Waals surface area (Å²) in [5, 5.41) is 16.8. The van der Waals surface area contributed by atoms with Gasteiger partial charge in [0.15, 0.2) is 11.6 Å². The van der Waals surface area contributed by atoms with Crippen LogP contribution in [0.2, 0.25) is 0 Å². The van der Waals surface area contributed by atoms with Crippen molar-refractivity contribution in [2.24, 2.45) is 0 Å². The zero-order valence-electron chi connectivity index (χ0n) is 31.3. The van der Waals surface area contributed by atoms with Crippen molar-refractivity contribution in [3.63, 3.8) is 0 Å². The molecule has 0 saturated carbocycles. The molecule has 0 bridgehead atoms. The Balaban J connectivity index is 1.06. The first-order chi connectivity index (χ1) is 29.2. The van der Waals surface area contributed by atoms with Crippen LogP contribution in [0.15, 0.2) is 185 Å². The average molecular weight is 756 g/mol. The molecule has 7 nitrogen and oxygen atoms in total. The number of aromatic nitrogens is 4. The summed E-state index contributed by atoms with van der Waals surface area (Å²) in [7, 11) is 0. The number of nitriles is 1. The van der Waals surface area contributed by atoms with E-state index < -0.39 is 0 Å². The third-order valence-electron chi connectivity index (χ3n) is 11.3. The third-order valence-corrected chi connectivity index (χ3v) is 11.3. The zero-order valence-corrected chi connectivity index (χ0v) is 31.3. The number of furan rings is 2. The molecule has 0 unspecified atom stereocenters. The zero-order chi connectivity index (χ0) is 39.0. The van der Waals surface area contributed by atoms with Gasteiger partial charge in [-0.2, -0.15) is 15.2 Å². The van der Waals surface area contributed by atoms with Crippen molar-refractivity contribution in [2.75, 3.05) is 0 Å². The number of hydrogen-bond acceptors (Lipinski definition) is 6. The van der Waals surface area contributed by atoms with Crippen LogP contribution in [0.5, 0.6) is 0 Å². The molecule has 0 atom stereocenters. The summed E-state index contributed by atoms with van der Waals surface area (Å²) >= 11 is 0. The molecule has 4 aromatic heterocycles. The maximum Gasteiger partial charge on any atom is 0.238 e. The van der Waals surface area contributed by atoms with Crippen molar-refractivity contribution < 1.29 is 8.83 Å². The molecule has 59 heavy (non-hydrogen) atoms. The molecule has 0 amide bonds. The minimum Gasteiger partial charge on any atom is -0.455 e. The molecule has 8 aromatic carbocycles. The van der Waals surface area contributed by atoms with Crippen LogP contribution < -0.4 is 0 Å². The van der Waals surface area contributed by atoms with Crippen LogP contribution in [0.3, 0.4) is 0 Å². The minimum atomic E-state index is 0.451. The summed E-state index contributed by atoms with van der Waals surface area (Å²) in [6, 6.07) is 61.5. The first kappa shape index (κ1) is 32.9. The van der Waals surface area contributed by atoms with Crippen LogP contribution in [0.4, 0.5) is 0 Å². The molecule has 0 spiro atoms. The molecule has 0 aliphatic heterocycles. The van der Waals surface area contributed by atoms with E-state index in [0.717, 1.165) is 93.5 Å². The van der Waals surface area contributed by atoms with Gasteiger partial charge in [-0.15, -0.1) is 0 Å². The van der Waals surface area contributed by atoms with Crippen molar-refractivity contribution in [1.29, 1.82) is 5.26 Å². The summed E-state index contributed by atoms with van der Waals surface area (Å²) in [5.74, 6) is 1.47. The molecule has 7 heteroatoms. The van der Waals surface area contributed by atoms with Gasteiger partial charge in [0, 0.05) is 60.1 Å². The molecule has 274 valence electrons. The van der Waals surface area contributed by atoms with Crippen molar-refractivity contribution in [3.05, 3.63) is 181 Å². The predicted octanol–water partition coefficient (Wildman–Crippen LogP) is 13.3. The highest BCUT2D eigenvalue weighted by Crippen LogP contribution is 2.43. The van der Waals surface area contributed by atoms with Gasteiger partial charge in [-0.05, 0) is 42.0 Å². The number of nitrogens with zero attached hydrogens (tertiary/aromatic N) is 5. The molecule has 0 fully saturated rings. The monoisotopic (exact) mass is 755 g/mol. The second kappa shape index (κ2) is 12.8. The Morgan fingerprint density at radius 2 is 0.915 bits per heavy atom. The van der Waals surface area contributed by atoms with E-state index in [1.54, 1.807) is 0 Å². The van der Waals surface area contributed by atoms with E-state index in [2.05, 4.69) is 83.4 Å². The molecular formula is C52H29N5O2. The summed E-state index contributed by atoms with van der Waals surface area (Å²) < 4.78 is 15.5. The van der Waals surface area contributed by atoms with E-state index in [4.69, 9.17) is 23.8 Å². The number of benzene rings is 8. The lowest BCUT2D eigenvalue weighted by Crippen LogP contribution is -2.06. The summed E-state index contributed by atoms with van der Waals surface area (Å²) in [4.78, 5) is 15.3. The fourth-order valence-corrected chi connectivity index (χ4v) is 8.64. The second-order valence-corrected chi connectivity index (χ2v) is 14.7. The first-order valence-corrected chi connectivity index (χ1v) is 19.4. The van der Waals surface area contributed by atoms with Gasteiger partial charge in [0.05, 0.1) is 22.7 Å². The maximum atomic E-state index is 10.4. The summed E-state index contributed by atoms with van der Waals surface area (Å²) in [6.45, 7) is 0. The summed E-state index contributed by atoms with van der Waals surface area (Å²) in [6.07, 6.45) is 0. The van der Waals surface area contributed by atoms with Gasteiger partial charge in [0.1, 0.15) is 22.3 Å². The van der Waals surface area contributed by atoms with Gasteiger partial charge < -0.3 is 8.83 Å². The number of rotatable bonds is 5. The molecule has 0 saturated heterocycles. The highest BCUT2D eigenvalue weighted by molar-refractivity contribution is 6.16. The Labute approximate surface area is 336 Å². The lowest BCUT2D eigenvalue weighted by atomic mass is 9.97. The van der Waals surface area contributed by atoms with E-state index in [9.17, 15) is 5.26 Å². The van der Waals surface area contributed by atoms with E-state index in [-0.39, 0.29) is 0 Å². The lowest BCUT2D eigenvalue weighted by Gasteiger charge is -2.12. The molecule has 0 radical (unpaired) electrons. The molecule has 12 aromatic rings. The second-order valence-electron chi connectivity index (χ2n) is 14.7. The fraction of sp³-hybridized carbons (Fsp3) is 0. The van der Waals surface area contributed by atoms with Crippen LogP contribution in [-0.2, 0) is 0 Å². The predicted molar refractivity (Wildman–Crippen MR) is 235 cm³/mol. The van der Waals surface area contributed by atoms with Crippen LogP contribution in [0, 0.1) is 11.3 Å². The first-order valence-electron chi connectivity index (χ1n) is 19.4. The molecule has 12 rings (SSSR count). The third kappa shape index (κ3) is 5.10. The molecular weight excluding hydrogens is 727 g/mol. The standard InChI is InChI=1S/C52H29N5O2/c53-30-31-27-33(35-18-10-20-40-42-22-12-23-43(49(42)59-47(35)40)41-21-11-19-39-38-17-6-9-26-46(38)58-48(39)41)29-34(28-31)51-54-50(32-13-2-1-3-14-32)55-52(56-51)57-44-24-7-4-15-36(44)37-16-5-8-25-45(37)57/h1-29H. The number of fused-ring (bicyclic) bond motifs is 9. The van der Waals surface area contributed by atoms with Crippen molar-refractivity contribution >= 4 is 65.7 Å². The molecule has 4 heterocycles. The number of para-hydroxylation sites is 6. The minimum absolute atomic E-state index is 0.451. The van der Waals surface area contributed by atoms with Crippen LogP contribution in [-0.4, -0.2) is 19.5 Å². The lowest BCUT2D eigenvalue weighted by molar-refractivity contribution is 0.665. The highest BCUT2D eigenvalue weighted by atomic mass is 16.3. The van der Waals surface area contributed by atoms with Gasteiger partial charge in [-0.3, -0.25) is 4.57 Å². The molecule has 0 N–H and O–H groups in total. The van der Waals surface area contributed by atoms with Crippen LogP contribution in [0.1, 0.15) is 5.56 Å². The van der Waals surface area contributed by atoms with Crippen molar-refractivity contribution in [3.8, 4) is 57.0 Å². The van der Waals surface area contributed by atoms with Crippen molar-refractivity contribution in [2.45, 2.75) is 0 Å². The quantitative estimate of drug-likeness (QED) is 0.174. The van der Waals surface area contributed by atoms with Gasteiger partial charge in [0.25, 0.3) is 0 Å².